The molecule has 176 valence electrons. The van der Waals surface area contributed by atoms with Crippen molar-refractivity contribution in [2.75, 3.05) is 18.7 Å². The maximum Gasteiger partial charge on any atom is 0.338 e. The van der Waals surface area contributed by atoms with Gasteiger partial charge in [-0.1, -0.05) is 12.1 Å². The van der Waals surface area contributed by atoms with Crippen molar-refractivity contribution in [1.29, 1.82) is 0 Å². The molecular weight excluding hydrogens is 449 g/mol. The van der Waals surface area contributed by atoms with Crippen molar-refractivity contribution >= 4 is 29.0 Å². The number of ether oxygens (including phenoxy) is 2. The third-order valence-corrected chi connectivity index (χ3v) is 6.61. The van der Waals surface area contributed by atoms with Crippen molar-refractivity contribution in [1.82, 2.24) is 0 Å². The van der Waals surface area contributed by atoms with Crippen molar-refractivity contribution in [3.05, 3.63) is 83.2 Å². The number of fused-ring (bicyclic) bond motifs is 1. The van der Waals surface area contributed by atoms with Gasteiger partial charge in [-0.25, -0.2) is 9.18 Å². The summed E-state index contributed by atoms with van der Waals surface area (Å²) in [6.07, 6.45) is 4.15. The van der Waals surface area contributed by atoms with Crippen LogP contribution in [0.1, 0.15) is 42.3 Å². The van der Waals surface area contributed by atoms with Gasteiger partial charge in [-0.2, -0.15) is 0 Å². The van der Waals surface area contributed by atoms with Gasteiger partial charge in [0.25, 0.3) is 0 Å². The Kier molecular flexibility index (Phi) is 6.71. The number of nitrogens with one attached hydrogen (secondary N) is 1. The molecule has 0 saturated carbocycles. The second kappa shape index (κ2) is 9.55. The van der Waals surface area contributed by atoms with Crippen LogP contribution in [0.3, 0.4) is 0 Å². The first-order valence-electron chi connectivity index (χ1n) is 11.0. The monoisotopic (exact) mass is 477 g/mol. The number of rotatable bonds is 6. The average Bonchev–Trinajstić information content (AvgIpc) is 2.81. The zero-order chi connectivity index (χ0) is 24.5. The van der Waals surface area contributed by atoms with Gasteiger partial charge in [0.1, 0.15) is 18.2 Å². The van der Waals surface area contributed by atoms with E-state index in [-0.39, 0.29) is 18.0 Å². The van der Waals surface area contributed by atoms with Gasteiger partial charge in [0.15, 0.2) is 0 Å². The van der Waals surface area contributed by atoms with Crippen LogP contribution in [0.25, 0.3) is 16.7 Å². The molecule has 6 heteroatoms. The lowest BCUT2D eigenvalue weighted by Crippen LogP contribution is -2.32. The van der Waals surface area contributed by atoms with Gasteiger partial charge in [0.2, 0.25) is 0 Å². The van der Waals surface area contributed by atoms with E-state index in [2.05, 4.69) is 32.2 Å². The molecule has 0 bridgehead atoms. The number of anilines is 1. The second-order valence-corrected chi connectivity index (χ2v) is 9.72. The van der Waals surface area contributed by atoms with Crippen LogP contribution in [0.15, 0.2) is 65.6 Å². The molecule has 0 atom stereocenters. The largest absolute Gasteiger partial charge is 0.496 e. The Bertz CT molecular complexity index is 1270. The van der Waals surface area contributed by atoms with Gasteiger partial charge >= 0.3 is 5.97 Å². The fraction of sp³-hybridized carbons (Fsp3) is 0.250. The van der Waals surface area contributed by atoms with Crippen LogP contribution in [-0.4, -0.2) is 24.9 Å². The van der Waals surface area contributed by atoms with E-state index < -0.39 is 5.97 Å². The fourth-order valence-corrected chi connectivity index (χ4v) is 4.85. The average molecular weight is 478 g/mol. The molecule has 0 radical (unpaired) electrons. The molecule has 3 aromatic carbocycles. The zero-order valence-electron chi connectivity index (χ0n) is 20.0. The summed E-state index contributed by atoms with van der Waals surface area (Å²) >= 11 is 1.62. The van der Waals surface area contributed by atoms with Crippen LogP contribution in [0.5, 0.6) is 5.75 Å². The maximum atomic E-state index is 13.9. The molecule has 0 saturated heterocycles. The smallest absolute Gasteiger partial charge is 0.338 e. The van der Waals surface area contributed by atoms with Crippen LogP contribution in [0, 0.1) is 5.82 Å². The highest BCUT2D eigenvalue weighted by Crippen LogP contribution is 2.42. The quantitative estimate of drug-likeness (QED) is 0.301. The third kappa shape index (κ3) is 4.82. The van der Waals surface area contributed by atoms with Gasteiger partial charge in [0, 0.05) is 33.3 Å². The molecule has 0 fully saturated rings. The summed E-state index contributed by atoms with van der Waals surface area (Å²) in [7, 11) is 1.52. The standard InChI is InChI=1S/C28H28FNO3S/c1-17-15-28(2,3)30-24-13-12-21(22-11-8-19(29)14-25(22)32-4)23(26(17)24)16-33-27(31)18-6-9-20(34-5)10-7-18/h6-15,30H,16H2,1-5H3. The van der Waals surface area contributed by atoms with E-state index in [1.807, 2.05) is 30.5 Å². The Morgan fingerprint density at radius 3 is 2.44 bits per heavy atom. The van der Waals surface area contributed by atoms with Crippen LogP contribution >= 0.6 is 11.8 Å². The van der Waals surface area contributed by atoms with E-state index in [1.54, 1.807) is 30.0 Å². The topological polar surface area (TPSA) is 47.6 Å². The Balaban J connectivity index is 1.78. The van der Waals surface area contributed by atoms with Crippen LogP contribution < -0.4 is 10.1 Å². The SMILES string of the molecule is COc1cc(F)ccc1-c1ccc2c(c1COC(=O)c1ccc(SC)cc1)C(C)=CC(C)(C)N2. The van der Waals surface area contributed by atoms with Gasteiger partial charge < -0.3 is 14.8 Å². The number of carbonyl (C=O) groups is 1. The van der Waals surface area contributed by atoms with Crippen molar-refractivity contribution in [2.24, 2.45) is 0 Å². The molecule has 1 N–H and O–H groups in total. The van der Waals surface area contributed by atoms with E-state index >= 15 is 0 Å². The first-order chi connectivity index (χ1) is 16.2. The van der Waals surface area contributed by atoms with E-state index in [0.717, 1.165) is 38.4 Å². The number of esters is 1. The minimum atomic E-state index is -0.395. The van der Waals surface area contributed by atoms with E-state index in [1.165, 1.54) is 19.2 Å². The predicted molar refractivity (Wildman–Crippen MR) is 137 cm³/mol. The van der Waals surface area contributed by atoms with Crippen LogP contribution in [0.2, 0.25) is 0 Å². The van der Waals surface area contributed by atoms with Gasteiger partial charge in [-0.3, -0.25) is 0 Å². The first kappa shape index (κ1) is 23.9. The Morgan fingerprint density at radius 2 is 1.76 bits per heavy atom. The molecule has 3 aromatic rings. The van der Waals surface area contributed by atoms with Crippen molar-refractivity contribution < 1.29 is 18.7 Å². The molecule has 1 heterocycles. The molecule has 0 aliphatic carbocycles. The highest BCUT2D eigenvalue weighted by atomic mass is 32.2. The summed E-state index contributed by atoms with van der Waals surface area (Å²) < 4.78 is 25.2. The molecule has 0 unspecified atom stereocenters. The van der Waals surface area contributed by atoms with Gasteiger partial charge in [0.05, 0.1) is 18.2 Å². The summed E-state index contributed by atoms with van der Waals surface area (Å²) in [5.74, 6) is -0.348. The number of halogens is 1. The number of carbonyl (C=O) groups excluding carboxylic acids is 1. The van der Waals surface area contributed by atoms with E-state index in [4.69, 9.17) is 9.47 Å². The third-order valence-electron chi connectivity index (χ3n) is 5.87. The summed E-state index contributed by atoms with van der Waals surface area (Å²) in [5.41, 5.74) is 5.72. The number of hydrogen-bond donors (Lipinski definition) is 1. The maximum absolute atomic E-state index is 13.9. The van der Waals surface area contributed by atoms with Crippen LogP contribution in [-0.2, 0) is 11.3 Å². The zero-order valence-corrected chi connectivity index (χ0v) is 20.8. The normalized spacial score (nSPS) is 14.0. The molecular formula is C28H28FNO3S. The number of thioether (sulfide) groups is 1. The molecule has 1 aliphatic heterocycles. The molecule has 0 aromatic heterocycles. The number of benzene rings is 3. The number of methoxy groups -OCH3 is 1. The molecule has 34 heavy (non-hydrogen) atoms. The number of allylic oxidation sites excluding steroid dienone is 1. The van der Waals surface area contributed by atoms with Crippen molar-refractivity contribution in [2.45, 2.75) is 37.8 Å². The Labute approximate surface area is 204 Å². The molecule has 1 aliphatic rings. The van der Waals surface area contributed by atoms with Crippen molar-refractivity contribution in [3.8, 4) is 16.9 Å². The highest BCUT2D eigenvalue weighted by Gasteiger charge is 2.27. The summed E-state index contributed by atoms with van der Waals surface area (Å²) in [5, 5.41) is 3.54. The molecule has 4 nitrogen and oxygen atoms in total. The molecule has 0 spiro atoms. The predicted octanol–water partition coefficient (Wildman–Crippen LogP) is 7.19. The number of hydrogen-bond acceptors (Lipinski definition) is 5. The fourth-order valence-electron chi connectivity index (χ4n) is 4.44. The lowest BCUT2D eigenvalue weighted by molar-refractivity contribution is 0.0473. The summed E-state index contributed by atoms with van der Waals surface area (Å²) in [4.78, 5) is 13.9. The lowest BCUT2D eigenvalue weighted by Gasteiger charge is -2.33. The highest BCUT2D eigenvalue weighted by molar-refractivity contribution is 7.98. The lowest BCUT2D eigenvalue weighted by atomic mass is 9.85. The first-order valence-corrected chi connectivity index (χ1v) is 12.2. The molecule has 4 rings (SSSR count). The minimum absolute atomic E-state index is 0.0649. The van der Waals surface area contributed by atoms with Crippen LogP contribution in [0.4, 0.5) is 10.1 Å². The van der Waals surface area contributed by atoms with E-state index in [0.29, 0.717) is 11.3 Å². The Hall–Kier alpha value is -3.25. The summed E-state index contributed by atoms with van der Waals surface area (Å²) in [6.45, 7) is 6.33. The van der Waals surface area contributed by atoms with Gasteiger partial charge in [-0.05, 0) is 80.6 Å². The summed E-state index contributed by atoms with van der Waals surface area (Å²) in [6, 6.07) is 15.8. The minimum Gasteiger partial charge on any atom is -0.496 e. The Morgan fingerprint density at radius 1 is 1.06 bits per heavy atom. The van der Waals surface area contributed by atoms with Crippen molar-refractivity contribution in [3.63, 3.8) is 0 Å². The second-order valence-electron chi connectivity index (χ2n) is 8.84. The van der Waals surface area contributed by atoms with E-state index in [9.17, 15) is 9.18 Å². The molecule has 0 amide bonds. The van der Waals surface area contributed by atoms with Gasteiger partial charge in [-0.15, -0.1) is 11.8 Å².